The van der Waals surface area contributed by atoms with Crippen molar-refractivity contribution in [1.29, 1.82) is 0 Å². The number of fused-ring (bicyclic) bond motifs is 1. The minimum absolute atomic E-state index is 0.0613. The Morgan fingerprint density at radius 3 is 2.86 bits per heavy atom. The van der Waals surface area contributed by atoms with Crippen LogP contribution >= 0.6 is 0 Å². The van der Waals surface area contributed by atoms with Crippen molar-refractivity contribution in [1.82, 2.24) is 0 Å². The van der Waals surface area contributed by atoms with Gasteiger partial charge in [-0.05, 0) is 11.6 Å². The minimum atomic E-state index is 0.0613. The standard InChI is InChI=1S/C12H15NO/c1-8(2)12(14)10-7-13-11-6-4-3-5-9(10)11/h3-6,8,10,13H,7H2,1-2H3. The third-order valence-corrected chi connectivity index (χ3v) is 2.75. The van der Waals surface area contributed by atoms with E-state index in [0.29, 0.717) is 5.78 Å². The van der Waals surface area contributed by atoms with Crippen molar-refractivity contribution in [3.8, 4) is 0 Å². The highest BCUT2D eigenvalue weighted by atomic mass is 16.1. The second kappa shape index (κ2) is 3.45. The zero-order valence-corrected chi connectivity index (χ0v) is 8.58. The van der Waals surface area contributed by atoms with Crippen molar-refractivity contribution < 1.29 is 4.79 Å². The van der Waals surface area contributed by atoms with Gasteiger partial charge in [0.05, 0.1) is 5.92 Å². The first-order valence-electron chi connectivity index (χ1n) is 5.06. The van der Waals surface area contributed by atoms with Crippen LogP contribution in [0.25, 0.3) is 0 Å². The fourth-order valence-corrected chi connectivity index (χ4v) is 1.94. The van der Waals surface area contributed by atoms with Gasteiger partial charge in [-0.3, -0.25) is 4.79 Å². The topological polar surface area (TPSA) is 29.1 Å². The van der Waals surface area contributed by atoms with Gasteiger partial charge in [-0.2, -0.15) is 0 Å². The van der Waals surface area contributed by atoms with E-state index in [1.165, 1.54) is 0 Å². The lowest BCUT2D eigenvalue weighted by molar-refractivity contribution is -0.122. The summed E-state index contributed by atoms with van der Waals surface area (Å²) in [6.07, 6.45) is 0. The van der Waals surface area contributed by atoms with E-state index in [-0.39, 0.29) is 11.8 Å². The van der Waals surface area contributed by atoms with Crippen LogP contribution in [0.2, 0.25) is 0 Å². The number of Topliss-reactive ketones (excluding diaryl/α,β-unsaturated/α-hetero) is 1. The summed E-state index contributed by atoms with van der Waals surface area (Å²) in [4.78, 5) is 11.9. The van der Waals surface area contributed by atoms with Gasteiger partial charge in [-0.1, -0.05) is 32.0 Å². The quantitative estimate of drug-likeness (QED) is 0.774. The molecule has 0 spiro atoms. The average molecular weight is 189 g/mol. The number of rotatable bonds is 2. The molecule has 0 aliphatic carbocycles. The van der Waals surface area contributed by atoms with Crippen molar-refractivity contribution in [3.05, 3.63) is 29.8 Å². The van der Waals surface area contributed by atoms with Gasteiger partial charge in [-0.25, -0.2) is 0 Å². The number of hydrogen-bond acceptors (Lipinski definition) is 2. The first-order valence-corrected chi connectivity index (χ1v) is 5.06. The predicted molar refractivity (Wildman–Crippen MR) is 57.5 cm³/mol. The molecule has 2 rings (SSSR count). The van der Waals surface area contributed by atoms with Gasteiger partial charge in [0.25, 0.3) is 0 Å². The van der Waals surface area contributed by atoms with E-state index in [1.54, 1.807) is 0 Å². The maximum absolute atomic E-state index is 11.9. The summed E-state index contributed by atoms with van der Waals surface area (Å²) in [7, 11) is 0. The maximum Gasteiger partial charge on any atom is 0.144 e. The molecule has 0 bridgehead atoms. The van der Waals surface area contributed by atoms with Crippen LogP contribution in [0.4, 0.5) is 5.69 Å². The minimum Gasteiger partial charge on any atom is -0.384 e. The van der Waals surface area contributed by atoms with E-state index in [1.807, 2.05) is 38.1 Å². The Morgan fingerprint density at radius 2 is 2.14 bits per heavy atom. The number of benzene rings is 1. The summed E-state index contributed by atoms with van der Waals surface area (Å²) in [5.74, 6) is 0.515. The van der Waals surface area contributed by atoms with Crippen LogP contribution in [0.5, 0.6) is 0 Å². The number of carbonyl (C=O) groups excluding carboxylic acids is 1. The van der Waals surface area contributed by atoms with Crippen molar-refractivity contribution in [2.24, 2.45) is 5.92 Å². The highest BCUT2D eigenvalue weighted by molar-refractivity contribution is 5.91. The lowest BCUT2D eigenvalue weighted by atomic mass is 9.91. The second-order valence-corrected chi connectivity index (χ2v) is 4.08. The van der Waals surface area contributed by atoms with Gasteiger partial charge in [0.15, 0.2) is 0 Å². The number of ketones is 1. The molecule has 1 heterocycles. The molecule has 1 N–H and O–H groups in total. The molecule has 74 valence electrons. The molecule has 1 atom stereocenters. The normalized spacial score (nSPS) is 19.2. The van der Waals surface area contributed by atoms with Crippen molar-refractivity contribution in [2.75, 3.05) is 11.9 Å². The van der Waals surface area contributed by atoms with E-state index in [4.69, 9.17) is 0 Å². The van der Waals surface area contributed by atoms with Gasteiger partial charge >= 0.3 is 0 Å². The fourth-order valence-electron chi connectivity index (χ4n) is 1.94. The Balaban J connectivity index is 2.30. The molecule has 0 saturated carbocycles. The summed E-state index contributed by atoms with van der Waals surface area (Å²) < 4.78 is 0. The van der Waals surface area contributed by atoms with E-state index >= 15 is 0 Å². The number of anilines is 1. The molecule has 1 aromatic carbocycles. The third-order valence-electron chi connectivity index (χ3n) is 2.75. The van der Waals surface area contributed by atoms with Crippen molar-refractivity contribution >= 4 is 11.5 Å². The molecule has 1 unspecified atom stereocenters. The Morgan fingerprint density at radius 1 is 1.43 bits per heavy atom. The summed E-state index contributed by atoms with van der Waals surface area (Å²) in [5.41, 5.74) is 2.28. The smallest absolute Gasteiger partial charge is 0.144 e. The van der Waals surface area contributed by atoms with Crippen LogP contribution in [0.1, 0.15) is 25.3 Å². The molecule has 0 amide bonds. The molecular formula is C12H15NO. The van der Waals surface area contributed by atoms with E-state index in [9.17, 15) is 4.79 Å². The molecular weight excluding hydrogens is 174 g/mol. The molecule has 1 aliphatic rings. The summed E-state index contributed by atoms with van der Waals surface area (Å²) in [6, 6.07) is 8.06. The van der Waals surface area contributed by atoms with Crippen LogP contribution in [0, 0.1) is 5.92 Å². The van der Waals surface area contributed by atoms with Crippen LogP contribution in [-0.2, 0) is 4.79 Å². The van der Waals surface area contributed by atoms with Gasteiger partial charge in [0.2, 0.25) is 0 Å². The highest BCUT2D eigenvalue weighted by Gasteiger charge is 2.29. The Hall–Kier alpha value is -1.31. The van der Waals surface area contributed by atoms with Crippen LogP contribution in [0.15, 0.2) is 24.3 Å². The van der Waals surface area contributed by atoms with E-state index in [0.717, 1.165) is 17.8 Å². The molecule has 1 aliphatic heterocycles. The van der Waals surface area contributed by atoms with Crippen molar-refractivity contribution in [2.45, 2.75) is 19.8 Å². The first kappa shape index (κ1) is 9.25. The molecule has 0 saturated heterocycles. The molecule has 0 fully saturated rings. The average Bonchev–Trinajstić information content (AvgIpc) is 2.60. The number of carbonyl (C=O) groups is 1. The van der Waals surface area contributed by atoms with Crippen LogP contribution in [-0.4, -0.2) is 12.3 Å². The summed E-state index contributed by atoms with van der Waals surface area (Å²) in [5, 5.41) is 3.27. The second-order valence-electron chi connectivity index (χ2n) is 4.08. The van der Waals surface area contributed by atoms with Gasteiger partial charge in [0.1, 0.15) is 5.78 Å². The Bertz CT molecular complexity index is 357. The zero-order chi connectivity index (χ0) is 10.1. The SMILES string of the molecule is CC(C)C(=O)C1CNc2ccccc21. The number of para-hydroxylation sites is 1. The molecule has 1 aromatic rings. The monoisotopic (exact) mass is 189 g/mol. The lowest BCUT2D eigenvalue weighted by Gasteiger charge is -2.11. The van der Waals surface area contributed by atoms with E-state index in [2.05, 4.69) is 5.32 Å². The molecule has 14 heavy (non-hydrogen) atoms. The predicted octanol–water partition coefficient (Wildman–Crippen LogP) is 2.42. The number of hydrogen-bond donors (Lipinski definition) is 1. The lowest BCUT2D eigenvalue weighted by Crippen LogP contribution is -2.19. The Labute approximate surface area is 84.3 Å². The highest BCUT2D eigenvalue weighted by Crippen LogP contribution is 2.32. The summed E-state index contributed by atoms with van der Waals surface area (Å²) in [6.45, 7) is 4.68. The van der Waals surface area contributed by atoms with Gasteiger partial charge < -0.3 is 5.32 Å². The molecule has 0 aromatic heterocycles. The van der Waals surface area contributed by atoms with Gasteiger partial charge in [-0.15, -0.1) is 0 Å². The van der Waals surface area contributed by atoms with Crippen molar-refractivity contribution in [3.63, 3.8) is 0 Å². The van der Waals surface area contributed by atoms with Crippen LogP contribution in [0.3, 0.4) is 0 Å². The maximum atomic E-state index is 11.9. The Kier molecular flexibility index (Phi) is 2.28. The first-order chi connectivity index (χ1) is 6.70. The fraction of sp³-hybridized carbons (Fsp3) is 0.417. The molecule has 0 radical (unpaired) electrons. The van der Waals surface area contributed by atoms with E-state index < -0.39 is 0 Å². The van der Waals surface area contributed by atoms with Gasteiger partial charge in [0, 0.05) is 18.2 Å². The largest absolute Gasteiger partial charge is 0.384 e. The zero-order valence-electron chi connectivity index (χ0n) is 8.58. The molecule has 2 heteroatoms. The summed E-state index contributed by atoms with van der Waals surface area (Å²) >= 11 is 0. The molecule has 2 nitrogen and oxygen atoms in total. The van der Waals surface area contributed by atoms with Crippen LogP contribution < -0.4 is 5.32 Å². The number of nitrogens with one attached hydrogen (secondary N) is 1. The third kappa shape index (κ3) is 1.41.